The van der Waals surface area contributed by atoms with Gasteiger partial charge in [-0.15, -0.1) is 0 Å². The number of allylic oxidation sites excluding steroid dienone is 10. The molecule has 1 saturated carbocycles. The van der Waals surface area contributed by atoms with Crippen LogP contribution in [0.4, 0.5) is 0 Å². The number of hydrogen-bond donors (Lipinski definition) is 0. The Kier molecular flexibility index (Phi) is 163. The van der Waals surface area contributed by atoms with Crippen LogP contribution in [0.15, 0.2) is 30.4 Å². The van der Waals surface area contributed by atoms with Crippen molar-refractivity contribution in [2.24, 2.45) is 17.3 Å². The molecule has 0 amide bonds. The fraction of sp³-hybridized carbons (Fsp3) is 0.600. The molecule has 0 aromatic heterocycles. The van der Waals surface area contributed by atoms with Crippen molar-refractivity contribution in [3.63, 3.8) is 0 Å². The van der Waals surface area contributed by atoms with Gasteiger partial charge in [0.2, 0.25) is 0 Å². The molecule has 1 aliphatic carbocycles. The predicted octanol–water partition coefficient (Wildman–Crippen LogP) is 5.00. The molecule has 0 aromatic carbocycles. The number of unbranched alkanes of at least 4 members (excludes halogenated alkanes) is 3. The first-order valence-electron chi connectivity index (χ1n) is 10.8. The Morgan fingerprint density at radius 1 is 0.622 bits per heavy atom. The maximum atomic E-state index is 10.9. The Morgan fingerprint density at radius 2 is 0.978 bits per heavy atom. The number of phosphoric acid groups is 1. The zero-order chi connectivity index (χ0) is 22.3. The van der Waals surface area contributed by atoms with Gasteiger partial charge in [0, 0.05) is 491 Å². The van der Waals surface area contributed by atoms with Gasteiger partial charge in [-0.2, -0.15) is 32.1 Å². The van der Waals surface area contributed by atoms with E-state index in [1.165, 1.54) is 0 Å². The molecule has 1 rings (SSSR count). The third-order valence-corrected chi connectivity index (χ3v) is 5.57. The van der Waals surface area contributed by atoms with Crippen LogP contribution in [0.25, 0.3) is 0 Å². The van der Waals surface area contributed by atoms with Crippen molar-refractivity contribution >= 4 is 7.82 Å². The van der Waals surface area contributed by atoms with Crippen LogP contribution in [0.5, 0.6) is 0 Å². The Hall–Kier alpha value is 15.4. The quantitative estimate of drug-likeness (QED) is 0.124. The van der Waals surface area contributed by atoms with Crippen LogP contribution in [0, 0.1) is 47.6 Å². The fourth-order valence-electron chi connectivity index (χ4n) is 3.28. The van der Waals surface area contributed by atoms with E-state index in [2.05, 4.69) is 47.9 Å². The zero-order valence-corrected chi connectivity index (χ0v) is 70.6. The van der Waals surface area contributed by atoms with E-state index in [4.69, 9.17) is 0 Å². The Bertz CT molecular complexity index is 697. The number of rotatable bonds is 16. The molecule has 3 unspecified atom stereocenters. The monoisotopic (exact) mass is 1760 g/mol. The third kappa shape index (κ3) is 61.5. The largest absolute Gasteiger partial charge is 0.790 e. The minimum Gasteiger partial charge on any atom is -0.790 e. The fourth-order valence-corrected chi connectivity index (χ4v) is 3.62. The molecule has 20 heteroatoms. The first-order valence-corrected chi connectivity index (χ1v) is 12.3. The molecule has 0 saturated heterocycles. The predicted molar refractivity (Wildman–Crippen MR) is 116 cm³/mol. The van der Waals surface area contributed by atoms with Gasteiger partial charge in [0.25, 0.3) is 0 Å². The average molecular weight is 1760 g/mol. The van der Waals surface area contributed by atoms with Crippen LogP contribution in [-0.2, 0) is 500 Å². The van der Waals surface area contributed by atoms with Crippen LogP contribution in [0.2, 0.25) is 0 Å². The van der Waals surface area contributed by atoms with Crippen molar-refractivity contribution < 1.29 is 510 Å². The molecule has 0 aromatic rings. The van der Waals surface area contributed by atoms with E-state index in [1.807, 2.05) is 38.2 Å². The van der Waals surface area contributed by atoms with Crippen molar-refractivity contribution in [2.75, 3.05) is 6.61 Å². The van der Waals surface area contributed by atoms with Gasteiger partial charge >= 0.3 is 0 Å². The van der Waals surface area contributed by atoms with Crippen LogP contribution >= 0.6 is 7.82 Å². The standard InChI is InChI=1S/C25H36O4P.15Y/c1-4-6-8-10-12-13-14-15-16-18-20-23-24(22-29-30(26,27)28)25(23,3)21-19-17-11-9-7-5-2;;;;;;;;;;;;;;;/h8-9,14,20-21,23-24H,4-5,10-12,15-17,22H2,1-3H3,(H2,26,27,28);;;;;;;;;;;;;;;/q-5;;;;;;;;;;;;;;;/p-2. The van der Waals surface area contributed by atoms with Crippen LogP contribution in [-0.4, -0.2) is 6.61 Å². The molecule has 1 fully saturated rings. The molecule has 215 valence electrons. The van der Waals surface area contributed by atoms with Crippen molar-refractivity contribution in [1.82, 2.24) is 0 Å². The Labute approximate surface area is 654 Å². The maximum absolute atomic E-state index is 10.9. The Morgan fingerprint density at radius 3 is 1.36 bits per heavy atom. The normalized spacial score (nSPS) is 16.7. The molecular formula is C25H34O4PY15-7. The van der Waals surface area contributed by atoms with Crippen molar-refractivity contribution in [1.29, 1.82) is 0 Å². The van der Waals surface area contributed by atoms with Gasteiger partial charge in [0.05, 0.1) is 14.4 Å². The van der Waals surface area contributed by atoms with E-state index in [0.29, 0.717) is 0 Å². The Balaban J connectivity index is -0.0000000462. The smallest absolute Gasteiger partial charge is 0.0596 e. The van der Waals surface area contributed by atoms with Crippen molar-refractivity contribution in [3.8, 4) is 0 Å². The molecule has 0 spiro atoms. The molecule has 0 N–H and O–H groups in total. The van der Waals surface area contributed by atoms with Crippen molar-refractivity contribution in [2.45, 2.75) is 72.1 Å². The van der Waals surface area contributed by atoms with Gasteiger partial charge in [-0.1, -0.05) is 40.0 Å². The summed E-state index contributed by atoms with van der Waals surface area (Å²) in [5.74, 6) is 0.0344. The molecule has 0 bridgehead atoms. The zero-order valence-electron chi connectivity index (χ0n) is 27.1. The summed E-state index contributed by atoms with van der Waals surface area (Å²) in [5, 5.41) is 0. The molecule has 15 radical (unpaired) electrons. The van der Waals surface area contributed by atoms with Gasteiger partial charge in [-0.3, -0.25) is 30.4 Å². The van der Waals surface area contributed by atoms with E-state index >= 15 is 0 Å². The SMILES string of the molecule is CC[C-]=CCC[C-]=CCC[C-]=CC1C(COP(=O)([O-])[O-])C1(C)C=[C-]CCC=[C-]CC.[Y].[Y].[Y].[Y].[Y].[Y].[Y].[Y].[Y].[Y].[Y].[Y].[Y].[Y].[Y]. The minimum absolute atomic E-state index is 0. The summed E-state index contributed by atoms with van der Waals surface area (Å²) < 4.78 is 15.4. The first-order chi connectivity index (χ1) is 14.3. The summed E-state index contributed by atoms with van der Waals surface area (Å²) in [4.78, 5) is 21.7. The molecule has 4 nitrogen and oxygen atoms in total. The van der Waals surface area contributed by atoms with Gasteiger partial charge in [0.15, 0.2) is 0 Å². The molecule has 0 aliphatic heterocycles. The summed E-state index contributed by atoms with van der Waals surface area (Å²) in [5.41, 5.74) is -0.259. The molecule has 45 heavy (non-hydrogen) atoms. The van der Waals surface area contributed by atoms with Gasteiger partial charge in [-0.25, -0.2) is 0 Å². The molecule has 3 atom stereocenters. The summed E-state index contributed by atoms with van der Waals surface area (Å²) in [7, 11) is -4.96. The van der Waals surface area contributed by atoms with Gasteiger partial charge in [0.1, 0.15) is 0 Å². The number of hydrogen-bond acceptors (Lipinski definition) is 4. The van der Waals surface area contributed by atoms with E-state index in [1.54, 1.807) is 0 Å². The van der Waals surface area contributed by atoms with Gasteiger partial charge < -0.3 is 49.3 Å². The minimum atomic E-state index is -4.96. The van der Waals surface area contributed by atoms with Crippen LogP contribution in [0.3, 0.4) is 0 Å². The molecular weight excluding hydrogens is 1730 g/mol. The third-order valence-electron chi connectivity index (χ3n) is 5.10. The molecule has 1 aliphatic rings. The second-order valence-electron chi connectivity index (χ2n) is 7.51. The van der Waals surface area contributed by atoms with E-state index in [-0.39, 0.29) is 514 Å². The van der Waals surface area contributed by atoms with Crippen LogP contribution in [0.1, 0.15) is 72.1 Å². The summed E-state index contributed by atoms with van der Waals surface area (Å²) in [6.07, 6.45) is 33.2. The summed E-state index contributed by atoms with van der Waals surface area (Å²) in [6.45, 7) is 6.06. The summed E-state index contributed by atoms with van der Waals surface area (Å²) in [6, 6.07) is 0. The van der Waals surface area contributed by atoms with Crippen molar-refractivity contribution in [3.05, 3.63) is 60.8 Å². The van der Waals surface area contributed by atoms with E-state index in [0.717, 1.165) is 51.4 Å². The first kappa shape index (κ1) is 103. The number of phosphoric ester groups is 1. The van der Waals surface area contributed by atoms with Crippen LogP contribution < -0.4 is 9.79 Å². The van der Waals surface area contributed by atoms with E-state index in [9.17, 15) is 14.4 Å². The topological polar surface area (TPSA) is 72.4 Å². The summed E-state index contributed by atoms with van der Waals surface area (Å²) >= 11 is 0. The molecule has 0 heterocycles. The average Bonchev–Trinajstić information content (AvgIpc) is 3.26. The maximum Gasteiger partial charge on any atom is 0.0596 e. The van der Waals surface area contributed by atoms with E-state index < -0.39 is 7.82 Å². The second-order valence-corrected chi connectivity index (χ2v) is 8.66. The van der Waals surface area contributed by atoms with Gasteiger partial charge in [-0.05, 0) is 17.3 Å². The second kappa shape index (κ2) is 71.0.